The molecule has 1 fully saturated rings. The van der Waals surface area contributed by atoms with Gasteiger partial charge in [-0.15, -0.1) is 0 Å². The predicted molar refractivity (Wildman–Crippen MR) is 116 cm³/mol. The highest BCUT2D eigenvalue weighted by atomic mass is 19.4. The van der Waals surface area contributed by atoms with Gasteiger partial charge in [0.15, 0.2) is 0 Å². The molecule has 36 heavy (non-hydrogen) atoms. The number of amides is 3. The summed E-state index contributed by atoms with van der Waals surface area (Å²) in [6.07, 6.45) is -10.1. The molecule has 1 N–H and O–H groups in total. The highest BCUT2D eigenvalue weighted by Gasteiger charge is 2.38. The first-order valence-electron chi connectivity index (χ1n) is 10.9. The lowest BCUT2D eigenvalue weighted by atomic mass is 9.98. The van der Waals surface area contributed by atoms with Crippen LogP contribution in [0.3, 0.4) is 0 Å². The quantitative estimate of drug-likeness (QED) is 0.518. The molecule has 0 saturated carbocycles. The fourth-order valence-electron chi connectivity index (χ4n) is 4.12. The number of urea groups is 1. The van der Waals surface area contributed by atoms with E-state index in [9.17, 15) is 40.3 Å². The average molecular weight is 519 g/mol. The number of carbonyl (C=O) groups excluding carboxylic acids is 2. The van der Waals surface area contributed by atoms with Crippen molar-refractivity contribution in [2.24, 2.45) is 0 Å². The fourth-order valence-corrected chi connectivity index (χ4v) is 4.12. The summed E-state index contributed by atoms with van der Waals surface area (Å²) in [5, 5.41) is 2.67. The summed E-state index contributed by atoms with van der Waals surface area (Å²) in [6.45, 7) is 2.88. The van der Waals surface area contributed by atoms with Crippen molar-refractivity contribution in [3.05, 3.63) is 70.0 Å². The Morgan fingerprint density at radius 3 is 2.17 bits per heavy atom. The molecule has 0 radical (unpaired) electrons. The number of halogens is 7. The maximum Gasteiger partial charge on any atom is 0.416 e. The van der Waals surface area contributed by atoms with Gasteiger partial charge in [0.2, 0.25) is 5.91 Å². The topological polar surface area (TPSA) is 52.7 Å². The number of hydrogen-bond acceptors (Lipinski definition) is 2. The first-order valence-corrected chi connectivity index (χ1v) is 10.9. The number of nitrogens with one attached hydrogen (secondary N) is 1. The molecule has 196 valence electrons. The molecule has 1 saturated heterocycles. The summed E-state index contributed by atoms with van der Waals surface area (Å²) in [5.74, 6) is -0.832. The lowest BCUT2D eigenvalue weighted by Crippen LogP contribution is -2.45. The van der Waals surface area contributed by atoms with E-state index in [0.29, 0.717) is 23.3 Å². The second-order valence-corrected chi connectivity index (χ2v) is 8.67. The number of hydrogen-bond donors (Lipinski definition) is 1. The highest BCUT2D eigenvalue weighted by molar-refractivity contribution is 5.80. The van der Waals surface area contributed by atoms with Crippen LogP contribution in [-0.4, -0.2) is 41.9 Å². The summed E-state index contributed by atoms with van der Waals surface area (Å²) in [7, 11) is 1.26. The number of rotatable bonds is 3. The minimum Gasteiger partial charge on any atom is -0.354 e. The Hall–Kier alpha value is -3.31. The maximum absolute atomic E-state index is 13.6. The molecule has 0 aromatic heterocycles. The van der Waals surface area contributed by atoms with Gasteiger partial charge in [0, 0.05) is 26.6 Å². The summed E-state index contributed by atoms with van der Waals surface area (Å²) >= 11 is 0. The van der Waals surface area contributed by atoms with Crippen molar-refractivity contribution in [2.75, 3.05) is 20.1 Å². The Balaban J connectivity index is 1.99. The zero-order valence-electron chi connectivity index (χ0n) is 19.6. The van der Waals surface area contributed by atoms with Crippen LogP contribution in [0.15, 0.2) is 36.4 Å². The monoisotopic (exact) mass is 519 g/mol. The SMILES string of the molecule is Cc1cc(F)ccc1[C@H]1CNC(=O)CCN1C(=O)N(C)[C@@H](C)c1cc(C(F)(F)F)cc(C(F)(F)F)c1. The first kappa shape index (κ1) is 27.3. The van der Waals surface area contributed by atoms with Crippen molar-refractivity contribution in [2.45, 2.75) is 44.7 Å². The van der Waals surface area contributed by atoms with Crippen LogP contribution in [0.4, 0.5) is 35.5 Å². The van der Waals surface area contributed by atoms with Crippen molar-refractivity contribution >= 4 is 11.9 Å². The third-order valence-electron chi connectivity index (χ3n) is 6.26. The molecule has 2 atom stereocenters. The molecule has 1 heterocycles. The van der Waals surface area contributed by atoms with E-state index in [4.69, 9.17) is 0 Å². The maximum atomic E-state index is 13.6. The van der Waals surface area contributed by atoms with Crippen molar-refractivity contribution in [1.82, 2.24) is 15.1 Å². The van der Waals surface area contributed by atoms with Crippen LogP contribution in [0.1, 0.15) is 53.2 Å². The fraction of sp³-hybridized carbons (Fsp3) is 0.417. The van der Waals surface area contributed by atoms with Crippen LogP contribution in [0, 0.1) is 12.7 Å². The van der Waals surface area contributed by atoms with Crippen LogP contribution in [0.2, 0.25) is 0 Å². The van der Waals surface area contributed by atoms with Crippen molar-refractivity contribution in [1.29, 1.82) is 0 Å². The Kier molecular flexibility index (Phi) is 7.56. The van der Waals surface area contributed by atoms with Crippen LogP contribution in [0.5, 0.6) is 0 Å². The Morgan fingerprint density at radius 1 is 1.06 bits per heavy atom. The van der Waals surface area contributed by atoms with Gasteiger partial charge in [0.1, 0.15) is 5.82 Å². The van der Waals surface area contributed by atoms with Gasteiger partial charge in [-0.2, -0.15) is 26.3 Å². The summed E-state index contributed by atoms with van der Waals surface area (Å²) in [5.41, 5.74) is -2.26. The van der Waals surface area contributed by atoms with Gasteiger partial charge in [0.05, 0.1) is 23.2 Å². The van der Waals surface area contributed by atoms with Crippen molar-refractivity contribution < 1.29 is 40.3 Å². The van der Waals surface area contributed by atoms with Gasteiger partial charge in [-0.1, -0.05) is 6.07 Å². The Morgan fingerprint density at radius 2 is 1.64 bits per heavy atom. The van der Waals surface area contributed by atoms with Gasteiger partial charge in [-0.3, -0.25) is 4.79 Å². The van der Waals surface area contributed by atoms with E-state index in [1.165, 1.54) is 37.1 Å². The molecule has 12 heteroatoms. The van der Waals surface area contributed by atoms with Gasteiger partial charge >= 0.3 is 18.4 Å². The highest BCUT2D eigenvalue weighted by Crippen LogP contribution is 2.38. The number of aryl methyl sites for hydroxylation is 1. The van der Waals surface area contributed by atoms with E-state index in [-0.39, 0.29) is 37.0 Å². The molecule has 2 aromatic rings. The number of nitrogens with zero attached hydrogens (tertiary/aromatic N) is 2. The van der Waals surface area contributed by atoms with Gasteiger partial charge in [-0.25, -0.2) is 9.18 Å². The molecule has 0 spiro atoms. The summed E-state index contributed by atoms with van der Waals surface area (Å²) in [4.78, 5) is 27.8. The molecule has 0 unspecified atom stereocenters. The minimum absolute atomic E-state index is 0.00104. The van der Waals surface area contributed by atoms with E-state index < -0.39 is 47.4 Å². The van der Waals surface area contributed by atoms with E-state index >= 15 is 0 Å². The Labute approximate surface area is 202 Å². The molecular weight excluding hydrogens is 495 g/mol. The lowest BCUT2D eigenvalue weighted by molar-refractivity contribution is -0.143. The zero-order chi connectivity index (χ0) is 27.0. The van der Waals surface area contributed by atoms with E-state index in [1.807, 2.05) is 0 Å². The van der Waals surface area contributed by atoms with Crippen LogP contribution in [0.25, 0.3) is 0 Å². The standard InChI is InChI=1S/C24H24F7N3O2/c1-13-8-18(25)4-5-19(13)20-12-32-21(35)6-7-34(20)22(36)33(3)14(2)15-9-16(23(26,27)28)11-17(10-15)24(29,30)31/h4-5,8-11,14,20H,6-7,12H2,1-3H3,(H,32,35)/t14-,20+/m0/s1. The molecule has 1 aliphatic heterocycles. The van der Waals surface area contributed by atoms with Crippen LogP contribution < -0.4 is 5.32 Å². The normalized spacial score (nSPS) is 17.9. The molecule has 0 aliphatic carbocycles. The molecule has 3 amide bonds. The summed E-state index contributed by atoms with van der Waals surface area (Å²) < 4.78 is 93.5. The second kappa shape index (κ2) is 9.98. The number of carbonyl (C=O) groups is 2. The largest absolute Gasteiger partial charge is 0.416 e. The third-order valence-corrected chi connectivity index (χ3v) is 6.26. The lowest BCUT2D eigenvalue weighted by Gasteiger charge is -2.36. The van der Waals surface area contributed by atoms with E-state index in [1.54, 1.807) is 6.92 Å². The van der Waals surface area contributed by atoms with E-state index in [0.717, 1.165) is 4.90 Å². The summed E-state index contributed by atoms with van der Waals surface area (Å²) in [6, 6.07) is 2.51. The molecule has 0 bridgehead atoms. The van der Waals surface area contributed by atoms with Crippen molar-refractivity contribution in [3.63, 3.8) is 0 Å². The molecular formula is C24H24F7N3O2. The second-order valence-electron chi connectivity index (χ2n) is 8.67. The minimum atomic E-state index is -5.03. The molecule has 5 nitrogen and oxygen atoms in total. The number of benzene rings is 2. The molecule has 2 aromatic carbocycles. The molecule has 3 rings (SSSR count). The average Bonchev–Trinajstić information content (AvgIpc) is 2.97. The molecule has 1 aliphatic rings. The predicted octanol–water partition coefficient (Wildman–Crippen LogP) is 5.85. The third kappa shape index (κ3) is 5.90. The van der Waals surface area contributed by atoms with E-state index in [2.05, 4.69) is 5.32 Å². The zero-order valence-corrected chi connectivity index (χ0v) is 19.6. The van der Waals surface area contributed by atoms with Crippen LogP contribution in [-0.2, 0) is 17.1 Å². The van der Waals surface area contributed by atoms with Gasteiger partial charge in [0.25, 0.3) is 0 Å². The van der Waals surface area contributed by atoms with Crippen LogP contribution >= 0.6 is 0 Å². The number of alkyl halides is 6. The van der Waals surface area contributed by atoms with Gasteiger partial charge in [-0.05, 0) is 60.9 Å². The smallest absolute Gasteiger partial charge is 0.354 e. The Bertz CT molecular complexity index is 1120. The first-order chi connectivity index (χ1) is 16.6. The van der Waals surface area contributed by atoms with Crippen molar-refractivity contribution in [3.8, 4) is 0 Å². The van der Waals surface area contributed by atoms with Gasteiger partial charge < -0.3 is 15.1 Å².